The average Bonchev–Trinajstić information content (AvgIpc) is 3.11. The summed E-state index contributed by atoms with van der Waals surface area (Å²) in [5, 5.41) is 7.76. The van der Waals surface area contributed by atoms with E-state index in [2.05, 4.69) is 15.6 Å². The zero-order chi connectivity index (χ0) is 19.3. The molecule has 0 spiro atoms. The third-order valence-electron chi connectivity index (χ3n) is 5.67. The van der Waals surface area contributed by atoms with Gasteiger partial charge in [0.25, 0.3) is 0 Å². The Morgan fingerprint density at radius 3 is 2.50 bits per heavy atom. The van der Waals surface area contributed by atoms with Crippen molar-refractivity contribution < 1.29 is 13.6 Å². The molecule has 2 N–H and O–H groups in total. The number of fused-ring (bicyclic) bond motifs is 2. The van der Waals surface area contributed by atoms with Gasteiger partial charge in [-0.2, -0.15) is 0 Å². The quantitative estimate of drug-likeness (QED) is 0.727. The van der Waals surface area contributed by atoms with Gasteiger partial charge in [0.05, 0.1) is 5.69 Å². The number of carbonyl (C=O) groups is 1. The molecular weight excluding hydrogens is 362 g/mol. The number of nitrogens with zero attached hydrogens (tertiary/aromatic N) is 2. The minimum Gasteiger partial charge on any atom is -0.366 e. The number of rotatable bonds is 3. The van der Waals surface area contributed by atoms with Gasteiger partial charge >= 0.3 is 6.03 Å². The van der Waals surface area contributed by atoms with Gasteiger partial charge in [-0.1, -0.05) is 18.2 Å². The van der Waals surface area contributed by atoms with Crippen molar-refractivity contribution in [1.82, 2.24) is 10.3 Å². The lowest BCUT2D eigenvalue weighted by Crippen LogP contribution is -2.37. The molecule has 0 radical (unpaired) electrons. The molecule has 0 bridgehead atoms. The average molecular weight is 380 g/mol. The monoisotopic (exact) mass is 380 g/mol. The summed E-state index contributed by atoms with van der Waals surface area (Å²) in [4.78, 5) is 18.2. The first kappa shape index (κ1) is 16.9. The molecule has 2 fully saturated rings. The van der Waals surface area contributed by atoms with Gasteiger partial charge < -0.3 is 15.5 Å². The van der Waals surface area contributed by atoms with Crippen molar-refractivity contribution in [2.45, 2.75) is 6.04 Å². The number of hydrogen-bond acceptors (Lipinski definition) is 3. The number of aromatic nitrogens is 1. The second kappa shape index (κ2) is 6.44. The van der Waals surface area contributed by atoms with Crippen LogP contribution in [0.25, 0.3) is 10.8 Å². The van der Waals surface area contributed by atoms with E-state index in [9.17, 15) is 13.6 Å². The number of halogens is 2. The van der Waals surface area contributed by atoms with Crippen LogP contribution >= 0.6 is 0 Å². The fourth-order valence-electron chi connectivity index (χ4n) is 4.26. The lowest BCUT2D eigenvalue weighted by Gasteiger charge is -2.23. The molecule has 142 valence electrons. The summed E-state index contributed by atoms with van der Waals surface area (Å²) in [6.07, 6.45) is 3.44. The number of nitrogens with one attached hydrogen (secondary N) is 2. The largest absolute Gasteiger partial charge is 0.366 e. The van der Waals surface area contributed by atoms with Crippen LogP contribution in [0, 0.1) is 23.5 Å². The van der Waals surface area contributed by atoms with Gasteiger partial charge in [-0.15, -0.1) is 0 Å². The summed E-state index contributed by atoms with van der Waals surface area (Å²) in [6.45, 7) is 1.07. The molecule has 1 aliphatic carbocycles. The third-order valence-corrected chi connectivity index (χ3v) is 5.67. The van der Waals surface area contributed by atoms with Crippen LogP contribution in [-0.4, -0.2) is 30.1 Å². The predicted octanol–water partition coefficient (Wildman–Crippen LogP) is 3.77. The van der Waals surface area contributed by atoms with Crippen LogP contribution in [0.1, 0.15) is 0 Å². The number of anilines is 2. The number of pyridine rings is 1. The molecule has 1 saturated carbocycles. The molecule has 2 aliphatic rings. The van der Waals surface area contributed by atoms with E-state index in [4.69, 9.17) is 0 Å². The number of piperidine rings is 1. The van der Waals surface area contributed by atoms with E-state index in [0.29, 0.717) is 13.1 Å². The minimum absolute atomic E-state index is 0.0299. The van der Waals surface area contributed by atoms with Gasteiger partial charge in [0.2, 0.25) is 0 Å². The highest BCUT2D eigenvalue weighted by atomic mass is 19.1. The molecule has 7 heteroatoms. The molecule has 2 atom stereocenters. The van der Waals surface area contributed by atoms with E-state index < -0.39 is 11.6 Å². The van der Waals surface area contributed by atoms with Crippen LogP contribution in [0.5, 0.6) is 0 Å². The summed E-state index contributed by atoms with van der Waals surface area (Å²) >= 11 is 0. The molecule has 1 aliphatic heterocycles. The smallest absolute Gasteiger partial charge is 0.319 e. The minimum atomic E-state index is -0.547. The SMILES string of the molecule is O=C(Nc1cccc2cnccc12)NC1C2CN(c3c(F)cccc3F)CC21. The van der Waals surface area contributed by atoms with Crippen molar-refractivity contribution in [3.63, 3.8) is 0 Å². The molecule has 1 saturated heterocycles. The van der Waals surface area contributed by atoms with Crippen molar-refractivity contribution in [3.8, 4) is 0 Å². The Kier molecular flexibility index (Phi) is 3.89. The summed E-state index contributed by atoms with van der Waals surface area (Å²) in [5.41, 5.74) is 0.750. The molecule has 2 aromatic carbocycles. The van der Waals surface area contributed by atoms with Crippen molar-refractivity contribution in [2.75, 3.05) is 23.3 Å². The van der Waals surface area contributed by atoms with Gasteiger partial charge in [0.15, 0.2) is 0 Å². The van der Waals surface area contributed by atoms with Crippen LogP contribution in [-0.2, 0) is 0 Å². The van der Waals surface area contributed by atoms with E-state index in [1.165, 1.54) is 18.2 Å². The van der Waals surface area contributed by atoms with E-state index >= 15 is 0 Å². The summed E-state index contributed by atoms with van der Waals surface area (Å²) in [7, 11) is 0. The number of hydrogen-bond donors (Lipinski definition) is 2. The van der Waals surface area contributed by atoms with Crippen molar-refractivity contribution >= 4 is 28.2 Å². The van der Waals surface area contributed by atoms with Crippen LogP contribution < -0.4 is 15.5 Å². The van der Waals surface area contributed by atoms with Crippen LogP contribution in [0.2, 0.25) is 0 Å². The van der Waals surface area contributed by atoms with Gasteiger partial charge in [-0.25, -0.2) is 13.6 Å². The molecule has 5 nitrogen and oxygen atoms in total. The Hall–Kier alpha value is -3.22. The first-order valence-corrected chi connectivity index (χ1v) is 9.21. The molecule has 2 unspecified atom stereocenters. The fourth-order valence-corrected chi connectivity index (χ4v) is 4.26. The Morgan fingerprint density at radius 1 is 1.04 bits per heavy atom. The van der Waals surface area contributed by atoms with Crippen LogP contribution in [0.4, 0.5) is 25.0 Å². The van der Waals surface area contributed by atoms with Crippen molar-refractivity contribution in [2.24, 2.45) is 11.8 Å². The van der Waals surface area contributed by atoms with Gasteiger partial charge in [0.1, 0.15) is 17.3 Å². The first-order valence-electron chi connectivity index (χ1n) is 9.21. The van der Waals surface area contributed by atoms with E-state index in [1.54, 1.807) is 17.3 Å². The summed E-state index contributed by atoms with van der Waals surface area (Å²) in [6, 6.07) is 11.2. The number of urea groups is 1. The Morgan fingerprint density at radius 2 is 1.75 bits per heavy atom. The zero-order valence-electron chi connectivity index (χ0n) is 14.9. The normalized spacial score (nSPS) is 22.8. The fraction of sp³-hybridized carbons (Fsp3) is 0.238. The maximum Gasteiger partial charge on any atom is 0.319 e. The first-order chi connectivity index (χ1) is 13.6. The van der Waals surface area contributed by atoms with Gasteiger partial charge in [-0.3, -0.25) is 4.98 Å². The highest BCUT2D eigenvalue weighted by molar-refractivity contribution is 6.01. The van der Waals surface area contributed by atoms with E-state index in [-0.39, 0.29) is 29.6 Å². The Labute approximate surface area is 160 Å². The second-order valence-electron chi connectivity index (χ2n) is 7.33. The van der Waals surface area contributed by atoms with Crippen molar-refractivity contribution in [3.05, 3.63) is 66.5 Å². The standard InChI is InChI=1S/C21H18F2N4O/c22-16-4-2-5-17(23)20(16)27-10-14-15(11-27)19(14)26-21(28)25-18-6-1-3-12-9-24-8-7-13(12)18/h1-9,14-15,19H,10-11H2,(H2,25,26,28). The third kappa shape index (κ3) is 2.83. The molecule has 3 aromatic rings. The molecule has 2 amide bonds. The topological polar surface area (TPSA) is 57.3 Å². The van der Waals surface area contributed by atoms with Crippen LogP contribution in [0.3, 0.4) is 0 Å². The lowest BCUT2D eigenvalue weighted by molar-refractivity contribution is 0.250. The van der Waals surface area contributed by atoms with Crippen LogP contribution in [0.15, 0.2) is 54.9 Å². The maximum absolute atomic E-state index is 14.0. The van der Waals surface area contributed by atoms with E-state index in [0.717, 1.165) is 16.5 Å². The number of carbonyl (C=O) groups excluding carboxylic acids is 1. The second-order valence-corrected chi connectivity index (χ2v) is 7.33. The molecule has 5 rings (SSSR count). The zero-order valence-corrected chi connectivity index (χ0v) is 14.9. The highest BCUT2D eigenvalue weighted by Gasteiger charge is 2.57. The summed E-state index contributed by atoms with van der Waals surface area (Å²) in [5.74, 6) is -0.675. The molecule has 1 aromatic heterocycles. The highest BCUT2D eigenvalue weighted by Crippen LogP contribution is 2.47. The predicted molar refractivity (Wildman–Crippen MR) is 103 cm³/mol. The van der Waals surface area contributed by atoms with Gasteiger partial charge in [-0.05, 0) is 24.3 Å². The lowest BCUT2D eigenvalue weighted by atomic mass is 10.1. The van der Waals surface area contributed by atoms with E-state index in [1.807, 2.05) is 24.3 Å². The number of benzene rings is 2. The number of para-hydroxylation sites is 1. The Bertz CT molecular complexity index is 1040. The molecular formula is C21H18F2N4O. The number of amides is 2. The molecule has 2 heterocycles. The maximum atomic E-state index is 14.0. The van der Waals surface area contributed by atoms with Crippen molar-refractivity contribution in [1.29, 1.82) is 0 Å². The summed E-state index contributed by atoms with van der Waals surface area (Å²) < 4.78 is 27.9. The Balaban J connectivity index is 1.22. The molecule has 28 heavy (non-hydrogen) atoms. The van der Waals surface area contributed by atoms with Gasteiger partial charge in [0, 0.05) is 54.1 Å².